The third-order valence-electron chi connectivity index (χ3n) is 4.29. The van der Waals surface area contributed by atoms with Crippen molar-refractivity contribution < 1.29 is 14.0 Å². The molecule has 2 N–H and O–H groups in total. The molecule has 27 heavy (non-hydrogen) atoms. The van der Waals surface area contributed by atoms with E-state index in [1.54, 1.807) is 42.5 Å². The first-order chi connectivity index (χ1) is 13.1. The summed E-state index contributed by atoms with van der Waals surface area (Å²) in [6.07, 6.45) is 2.08. The number of halogens is 1. The lowest BCUT2D eigenvalue weighted by Gasteiger charge is -2.06. The van der Waals surface area contributed by atoms with Crippen LogP contribution in [0.1, 0.15) is 33.8 Å². The van der Waals surface area contributed by atoms with Crippen LogP contribution in [0.15, 0.2) is 65.1 Å². The molecule has 4 rings (SSSR count). The van der Waals surface area contributed by atoms with Crippen molar-refractivity contribution in [2.45, 2.75) is 18.9 Å². The first kappa shape index (κ1) is 17.4. The molecule has 1 saturated carbocycles. The van der Waals surface area contributed by atoms with E-state index in [-0.39, 0.29) is 17.6 Å². The maximum atomic E-state index is 12.4. The van der Waals surface area contributed by atoms with Gasteiger partial charge in [-0.3, -0.25) is 9.59 Å². The minimum Gasteiger partial charge on any atom is -0.451 e. The van der Waals surface area contributed by atoms with Gasteiger partial charge in [0, 0.05) is 22.9 Å². The number of nitrogens with one attached hydrogen (secondary N) is 2. The molecule has 0 saturated heterocycles. The van der Waals surface area contributed by atoms with Crippen LogP contribution < -0.4 is 10.6 Å². The Balaban J connectivity index is 1.43. The van der Waals surface area contributed by atoms with Gasteiger partial charge in [0.05, 0.1) is 5.02 Å². The first-order valence-corrected chi connectivity index (χ1v) is 9.05. The van der Waals surface area contributed by atoms with E-state index in [1.807, 2.05) is 18.2 Å². The van der Waals surface area contributed by atoms with Crippen molar-refractivity contribution in [3.8, 4) is 11.3 Å². The molecule has 0 atom stereocenters. The molecule has 1 aromatic heterocycles. The second kappa shape index (κ2) is 7.29. The smallest absolute Gasteiger partial charge is 0.291 e. The van der Waals surface area contributed by atoms with Crippen LogP contribution in [0.5, 0.6) is 0 Å². The zero-order chi connectivity index (χ0) is 18.8. The Kier molecular flexibility index (Phi) is 4.69. The van der Waals surface area contributed by atoms with Crippen LogP contribution >= 0.6 is 11.6 Å². The van der Waals surface area contributed by atoms with Gasteiger partial charge in [0.25, 0.3) is 11.8 Å². The molecule has 0 radical (unpaired) electrons. The predicted molar refractivity (Wildman–Crippen MR) is 104 cm³/mol. The second-order valence-electron chi connectivity index (χ2n) is 6.42. The third kappa shape index (κ3) is 4.04. The van der Waals surface area contributed by atoms with E-state index < -0.39 is 0 Å². The highest BCUT2D eigenvalue weighted by Gasteiger charge is 2.23. The predicted octanol–water partition coefficient (Wildman–Crippen LogP) is 4.74. The summed E-state index contributed by atoms with van der Waals surface area (Å²) in [4.78, 5) is 24.4. The van der Waals surface area contributed by atoms with E-state index in [9.17, 15) is 9.59 Å². The molecular formula is C21H17ClN2O3. The summed E-state index contributed by atoms with van der Waals surface area (Å²) in [6.45, 7) is 0. The number of benzene rings is 2. The van der Waals surface area contributed by atoms with Gasteiger partial charge < -0.3 is 15.1 Å². The Labute approximate surface area is 161 Å². The SMILES string of the molecule is O=C(NC1CC1)c1ccc(NC(=O)c2ccc(-c3ccccc3Cl)o2)cc1. The van der Waals surface area contributed by atoms with Gasteiger partial charge in [-0.1, -0.05) is 23.7 Å². The summed E-state index contributed by atoms with van der Waals surface area (Å²) in [5, 5.41) is 6.24. The molecule has 0 aliphatic heterocycles. The van der Waals surface area contributed by atoms with Crippen LogP contribution in [-0.4, -0.2) is 17.9 Å². The quantitative estimate of drug-likeness (QED) is 0.671. The highest BCUT2D eigenvalue weighted by atomic mass is 35.5. The average molecular weight is 381 g/mol. The van der Waals surface area contributed by atoms with E-state index in [0.29, 0.717) is 28.1 Å². The van der Waals surface area contributed by atoms with Crippen LogP contribution in [-0.2, 0) is 0 Å². The van der Waals surface area contributed by atoms with Crippen molar-refractivity contribution in [1.29, 1.82) is 0 Å². The summed E-state index contributed by atoms with van der Waals surface area (Å²) >= 11 is 6.16. The van der Waals surface area contributed by atoms with E-state index >= 15 is 0 Å². The number of carbonyl (C=O) groups is 2. The van der Waals surface area contributed by atoms with Gasteiger partial charge in [-0.2, -0.15) is 0 Å². The van der Waals surface area contributed by atoms with Gasteiger partial charge in [-0.05, 0) is 61.4 Å². The molecule has 2 aromatic carbocycles. The molecule has 1 aliphatic rings. The second-order valence-corrected chi connectivity index (χ2v) is 6.83. The minimum absolute atomic E-state index is 0.0919. The van der Waals surface area contributed by atoms with E-state index in [1.165, 1.54) is 0 Å². The van der Waals surface area contributed by atoms with Crippen LogP contribution in [0, 0.1) is 0 Å². The molecule has 0 bridgehead atoms. The van der Waals surface area contributed by atoms with E-state index in [2.05, 4.69) is 10.6 Å². The van der Waals surface area contributed by atoms with Gasteiger partial charge in [0.1, 0.15) is 5.76 Å². The number of anilines is 1. The number of carbonyl (C=O) groups excluding carboxylic acids is 2. The highest BCUT2D eigenvalue weighted by Crippen LogP contribution is 2.29. The molecule has 0 spiro atoms. The van der Waals surface area contributed by atoms with Gasteiger partial charge in [0.15, 0.2) is 5.76 Å². The molecule has 0 unspecified atom stereocenters. The molecule has 6 heteroatoms. The lowest BCUT2D eigenvalue weighted by atomic mass is 10.2. The monoisotopic (exact) mass is 380 g/mol. The van der Waals surface area contributed by atoms with Gasteiger partial charge in [-0.15, -0.1) is 0 Å². The fourth-order valence-electron chi connectivity index (χ4n) is 2.66. The minimum atomic E-state index is -0.372. The number of rotatable bonds is 5. The van der Waals surface area contributed by atoms with Crippen LogP contribution in [0.25, 0.3) is 11.3 Å². The molecule has 1 fully saturated rings. The van der Waals surface area contributed by atoms with Crippen molar-refractivity contribution in [2.75, 3.05) is 5.32 Å². The Morgan fingerprint density at radius 2 is 1.67 bits per heavy atom. The summed E-state index contributed by atoms with van der Waals surface area (Å²) in [6, 6.07) is 17.6. The Hall–Kier alpha value is -3.05. The molecule has 136 valence electrons. The summed E-state index contributed by atoms with van der Waals surface area (Å²) in [5.41, 5.74) is 1.88. The lowest BCUT2D eigenvalue weighted by Crippen LogP contribution is -2.25. The maximum Gasteiger partial charge on any atom is 0.291 e. The van der Waals surface area contributed by atoms with Gasteiger partial charge in [-0.25, -0.2) is 0 Å². The lowest BCUT2D eigenvalue weighted by molar-refractivity contribution is 0.0950. The van der Waals surface area contributed by atoms with Gasteiger partial charge >= 0.3 is 0 Å². The zero-order valence-corrected chi connectivity index (χ0v) is 15.1. The standard InChI is InChI=1S/C21H17ClN2O3/c22-17-4-2-1-3-16(17)18-11-12-19(27-18)21(26)24-14-7-5-13(6-8-14)20(25)23-15-9-10-15/h1-8,11-12,15H,9-10H2,(H,23,25)(H,24,26). The van der Waals surface area contributed by atoms with Crippen LogP contribution in [0.3, 0.4) is 0 Å². The molecule has 1 heterocycles. The van der Waals surface area contributed by atoms with E-state index in [4.69, 9.17) is 16.0 Å². The largest absolute Gasteiger partial charge is 0.451 e. The summed E-state index contributed by atoms with van der Waals surface area (Å²) in [7, 11) is 0. The van der Waals surface area contributed by atoms with Crippen LogP contribution in [0.4, 0.5) is 5.69 Å². The van der Waals surface area contributed by atoms with Gasteiger partial charge in [0.2, 0.25) is 0 Å². The molecule has 3 aromatic rings. The third-order valence-corrected chi connectivity index (χ3v) is 4.62. The Morgan fingerprint density at radius 3 is 2.37 bits per heavy atom. The zero-order valence-electron chi connectivity index (χ0n) is 14.4. The number of amides is 2. The maximum absolute atomic E-state index is 12.4. The van der Waals surface area contributed by atoms with Crippen molar-refractivity contribution >= 4 is 29.1 Å². The fraction of sp³-hybridized carbons (Fsp3) is 0.143. The van der Waals surface area contributed by atoms with Crippen molar-refractivity contribution in [3.05, 3.63) is 77.0 Å². The number of furan rings is 1. The normalized spacial score (nSPS) is 13.2. The van der Waals surface area contributed by atoms with Crippen LogP contribution in [0.2, 0.25) is 5.02 Å². The first-order valence-electron chi connectivity index (χ1n) is 8.67. The molecular weight excluding hydrogens is 364 g/mol. The Morgan fingerprint density at radius 1 is 0.926 bits per heavy atom. The number of hydrogen-bond acceptors (Lipinski definition) is 3. The van der Waals surface area contributed by atoms with E-state index in [0.717, 1.165) is 18.4 Å². The molecule has 1 aliphatic carbocycles. The summed E-state index contributed by atoms with van der Waals surface area (Å²) < 4.78 is 5.64. The topological polar surface area (TPSA) is 71.3 Å². The molecule has 2 amide bonds. The summed E-state index contributed by atoms with van der Waals surface area (Å²) in [5.74, 6) is 0.243. The average Bonchev–Trinajstić information content (AvgIpc) is 3.34. The van der Waals surface area contributed by atoms with Crippen molar-refractivity contribution in [2.24, 2.45) is 0 Å². The van der Waals surface area contributed by atoms with Crippen molar-refractivity contribution in [3.63, 3.8) is 0 Å². The highest BCUT2D eigenvalue weighted by molar-refractivity contribution is 6.33. The fourth-order valence-corrected chi connectivity index (χ4v) is 2.89. The number of hydrogen-bond donors (Lipinski definition) is 2. The Bertz CT molecular complexity index is 991. The van der Waals surface area contributed by atoms with Crippen molar-refractivity contribution in [1.82, 2.24) is 5.32 Å². The molecule has 5 nitrogen and oxygen atoms in total.